The Balaban J connectivity index is 1.32. The highest BCUT2D eigenvalue weighted by atomic mass is 32.1. The van der Waals surface area contributed by atoms with E-state index in [0.717, 1.165) is 12.2 Å². The molecule has 148 valence electrons. The summed E-state index contributed by atoms with van der Waals surface area (Å²) in [5.74, 6) is 1.05. The molecule has 2 amide bonds. The molecule has 0 spiro atoms. The van der Waals surface area contributed by atoms with Gasteiger partial charge >= 0.3 is 0 Å². The Bertz CT molecular complexity index is 998. The normalized spacial score (nSPS) is 15.5. The number of carbonyl (C=O) groups excluding carboxylic acids is 2. The molecule has 0 saturated heterocycles. The van der Waals surface area contributed by atoms with E-state index in [1.807, 2.05) is 42.2 Å². The number of para-hydroxylation sites is 1. The van der Waals surface area contributed by atoms with E-state index in [1.165, 1.54) is 10.4 Å². The molecule has 1 aromatic heterocycles. The molecule has 1 N–H and O–H groups in total. The first kappa shape index (κ1) is 19.2. The SMILES string of the molecule is C[C@H]1c2ccsc2CCN1C(=O)CNC(=O)c1ccc(Oc2ccccc2)cc1. The van der Waals surface area contributed by atoms with Crippen LogP contribution in [-0.2, 0) is 11.2 Å². The minimum absolute atomic E-state index is 0.00902. The summed E-state index contributed by atoms with van der Waals surface area (Å²) in [6, 6.07) is 18.5. The summed E-state index contributed by atoms with van der Waals surface area (Å²) in [7, 11) is 0. The highest BCUT2D eigenvalue weighted by Crippen LogP contribution is 2.32. The van der Waals surface area contributed by atoms with Crippen LogP contribution in [-0.4, -0.2) is 29.8 Å². The van der Waals surface area contributed by atoms with Crippen LogP contribution in [0.25, 0.3) is 0 Å². The Morgan fingerprint density at radius 2 is 1.79 bits per heavy atom. The molecule has 5 nitrogen and oxygen atoms in total. The van der Waals surface area contributed by atoms with Gasteiger partial charge in [-0.15, -0.1) is 11.3 Å². The molecule has 0 saturated carbocycles. The number of thiophene rings is 1. The molecule has 0 aliphatic carbocycles. The van der Waals surface area contributed by atoms with Crippen LogP contribution >= 0.6 is 11.3 Å². The number of benzene rings is 2. The third-order valence-corrected chi connectivity index (χ3v) is 6.09. The van der Waals surface area contributed by atoms with Crippen LogP contribution in [0.1, 0.15) is 33.8 Å². The molecule has 0 radical (unpaired) electrons. The minimum atomic E-state index is -0.273. The lowest BCUT2D eigenvalue weighted by Gasteiger charge is -2.33. The van der Waals surface area contributed by atoms with Gasteiger partial charge in [0.1, 0.15) is 11.5 Å². The van der Waals surface area contributed by atoms with Gasteiger partial charge in [0, 0.05) is 17.0 Å². The number of ether oxygens (including phenoxy) is 1. The quantitative estimate of drug-likeness (QED) is 0.683. The third kappa shape index (κ3) is 4.32. The number of hydrogen-bond donors (Lipinski definition) is 1. The monoisotopic (exact) mass is 406 g/mol. The maximum Gasteiger partial charge on any atom is 0.251 e. The molecule has 2 aromatic carbocycles. The van der Waals surface area contributed by atoms with Gasteiger partial charge in [0.05, 0.1) is 12.6 Å². The summed E-state index contributed by atoms with van der Waals surface area (Å²) >= 11 is 1.74. The van der Waals surface area contributed by atoms with E-state index in [9.17, 15) is 9.59 Å². The van der Waals surface area contributed by atoms with Crippen molar-refractivity contribution >= 4 is 23.2 Å². The molecule has 1 atom stereocenters. The molecule has 0 unspecified atom stereocenters. The predicted octanol–water partition coefficient (Wildman–Crippen LogP) is 4.42. The highest BCUT2D eigenvalue weighted by molar-refractivity contribution is 7.10. The van der Waals surface area contributed by atoms with Crippen LogP contribution in [0.2, 0.25) is 0 Å². The number of fused-ring (bicyclic) bond motifs is 1. The Hall–Kier alpha value is -3.12. The van der Waals surface area contributed by atoms with Crippen molar-refractivity contribution in [3.8, 4) is 11.5 Å². The molecule has 1 aliphatic heterocycles. The molecule has 29 heavy (non-hydrogen) atoms. The summed E-state index contributed by atoms with van der Waals surface area (Å²) in [5, 5.41) is 4.81. The number of nitrogens with zero attached hydrogens (tertiary/aromatic N) is 1. The summed E-state index contributed by atoms with van der Waals surface area (Å²) in [6.45, 7) is 2.72. The Morgan fingerprint density at radius 1 is 1.07 bits per heavy atom. The second-order valence-electron chi connectivity index (χ2n) is 6.93. The van der Waals surface area contributed by atoms with E-state index in [4.69, 9.17) is 4.74 Å². The Morgan fingerprint density at radius 3 is 2.55 bits per heavy atom. The Kier molecular flexibility index (Phi) is 5.62. The van der Waals surface area contributed by atoms with Crippen molar-refractivity contribution in [3.05, 3.63) is 82.0 Å². The van der Waals surface area contributed by atoms with Crippen LogP contribution in [0.3, 0.4) is 0 Å². The van der Waals surface area contributed by atoms with Crippen LogP contribution in [0.4, 0.5) is 0 Å². The largest absolute Gasteiger partial charge is 0.457 e. The fourth-order valence-corrected chi connectivity index (χ4v) is 4.47. The fourth-order valence-electron chi connectivity index (χ4n) is 3.51. The van der Waals surface area contributed by atoms with Gasteiger partial charge in [-0.05, 0) is 66.8 Å². The average molecular weight is 407 g/mol. The highest BCUT2D eigenvalue weighted by Gasteiger charge is 2.28. The predicted molar refractivity (Wildman–Crippen MR) is 113 cm³/mol. The van der Waals surface area contributed by atoms with Crippen molar-refractivity contribution in [3.63, 3.8) is 0 Å². The summed E-state index contributed by atoms with van der Waals surface area (Å²) in [4.78, 5) is 28.2. The van der Waals surface area contributed by atoms with E-state index in [2.05, 4.69) is 16.8 Å². The second-order valence-corrected chi connectivity index (χ2v) is 7.94. The number of hydrogen-bond acceptors (Lipinski definition) is 4. The number of nitrogens with one attached hydrogen (secondary N) is 1. The van der Waals surface area contributed by atoms with Crippen LogP contribution < -0.4 is 10.1 Å². The van der Waals surface area contributed by atoms with E-state index in [1.54, 1.807) is 35.6 Å². The van der Waals surface area contributed by atoms with Crippen molar-refractivity contribution in [1.29, 1.82) is 0 Å². The van der Waals surface area contributed by atoms with Crippen molar-refractivity contribution in [2.75, 3.05) is 13.1 Å². The van der Waals surface area contributed by atoms with Gasteiger partial charge in [-0.1, -0.05) is 18.2 Å². The van der Waals surface area contributed by atoms with Crippen molar-refractivity contribution in [2.45, 2.75) is 19.4 Å². The molecule has 0 bridgehead atoms. The third-order valence-electron chi connectivity index (χ3n) is 5.09. The average Bonchev–Trinajstić information content (AvgIpc) is 3.23. The van der Waals surface area contributed by atoms with E-state index < -0.39 is 0 Å². The van der Waals surface area contributed by atoms with Gasteiger partial charge in [0.25, 0.3) is 5.91 Å². The van der Waals surface area contributed by atoms with Crippen molar-refractivity contribution in [2.24, 2.45) is 0 Å². The summed E-state index contributed by atoms with van der Waals surface area (Å²) in [5.41, 5.74) is 1.71. The summed E-state index contributed by atoms with van der Waals surface area (Å²) in [6.07, 6.45) is 0.875. The van der Waals surface area contributed by atoms with Gasteiger partial charge < -0.3 is 15.0 Å². The fraction of sp³-hybridized carbons (Fsp3) is 0.217. The smallest absolute Gasteiger partial charge is 0.251 e. The lowest BCUT2D eigenvalue weighted by atomic mass is 10.0. The molecule has 6 heteroatoms. The molecule has 0 fully saturated rings. The van der Waals surface area contributed by atoms with Crippen molar-refractivity contribution < 1.29 is 14.3 Å². The van der Waals surface area contributed by atoms with Gasteiger partial charge in [-0.3, -0.25) is 9.59 Å². The second kappa shape index (κ2) is 8.49. The van der Waals surface area contributed by atoms with Gasteiger partial charge in [-0.2, -0.15) is 0 Å². The number of rotatable bonds is 5. The minimum Gasteiger partial charge on any atom is -0.457 e. The molecule has 1 aliphatic rings. The maximum absolute atomic E-state index is 12.6. The molecular weight excluding hydrogens is 384 g/mol. The van der Waals surface area contributed by atoms with Crippen LogP contribution in [0, 0.1) is 0 Å². The van der Waals surface area contributed by atoms with Crippen LogP contribution in [0.5, 0.6) is 11.5 Å². The Labute approximate surface area is 173 Å². The van der Waals surface area contributed by atoms with Gasteiger partial charge in [0.15, 0.2) is 0 Å². The van der Waals surface area contributed by atoms with Crippen molar-refractivity contribution in [1.82, 2.24) is 10.2 Å². The van der Waals surface area contributed by atoms with E-state index in [0.29, 0.717) is 17.9 Å². The van der Waals surface area contributed by atoms with E-state index >= 15 is 0 Å². The number of carbonyl (C=O) groups is 2. The van der Waals surface area contributed by atoms with E-state index in [-0.39, 0.29) is 24.4 Å². The maximum atomic E-state index is 12.6. The summed E-state index contributed by atoms with van der Waals surface area (Å²) < 4.78 is 5.73. The van der Waals surface area contributed by atoms with Gasteiger partial charge in [-0.25, -0.2) is 0 Å². The topological polar surface area (TPSA) is 58.6 Å². The molecular formula is C23H22N2O3S. The zero-order chi connectivity index (χ0) is 20.2. The first-order chi connectivity index (χ1) is 14.1. The van der Waals surface area contributed by atoms with Gasteiger partial charge in [0.2, 0.25) is 5.91 Å². The lowest BCUT2D eigenvalue weighted by Crippen LogP contribution is -2.44. The zero-order valence-electron chi connectivity index (χ0n) is 16.1. The molecule has 4 rings (SSSR count). The number of amides is 2. The molecule has 2 heterocycles. The first-order valence-corrected chi connectivity index (χ1v) is 10.5. The lowest BCUT2D eigenvalue weighted by molar-refractivity contribution is -0.132. The van der Waals surface area contributed by atoms with Crippen LogP contribution in [0.15, 0.2) is 66.0 Å². The zero-order valence-corrected chi connectivity index (χ0v) is 16.9. The first-order valence-electron chi connectivity index (χ1n) is 9.59. The standard InChI is InChI=1S/C23H22N2O3S/c1-16-20-12-14-29-21(20)11-13-25(16)22(26)15-24-23(27)17-7-9-19(10-8-17)28-18-5-3-2-4-6-18/h2-10,12,14,16H,11,13,15H2,1H3,(H,24,27)/t16-/m0/s1. The molecule has 3 aromatic rings.